The Labute approximate surface area is 117 Å². The first-order valence-corrected chi connectivity index (χ1v) is 8.60. The van der Waals surface area contributed by atoms with E-state index in [1.54, 1.807) is 0 Å². The van der Waals surface area contributed by atoms with Gasteiger partial charge < -0.3 is 5.73 Å². The van der Waals surface area contributed by atoms with E-state index in [0.29, 0.717) is 11.3 Å². The lowest BCUT2D eigenvalue weighted by atomic mass is 10.00. The summed E-state index contributed by atoms with van der Waals surface area (Å²) in [5.41, 5.74) is 7.85. The van der Waals surface area contributed by atoms with E-state index in [1.165, 1.54) is 40.7 Å². The summed E-state index contributed by atoms with van der Waals surface area (Å²) in [5.74, 6) is 1.29. The van der Waals surface area contributed by atoms with E-state index in [9.17, 15) is 0 Å². The van der Waals surface area contributed by atoms with Crippen molar-refractivity contribution in [3.8, 4) is 0 Å². The number of thioether (sulfide) groups is 1. The molecule has 96 valence electrons. The zero-order valence-electron chi connectivity index (χ0n) is 10.5. The van der Waals surface area contributed by atoms with Crippen LogP contribution in [0.4, 0.5) is 0 Å². The minimum Gasteiger partial charge on any atom is -0.326 e. The molecule has 0 amide bonds. The maximum atomic E-state index is 6.41. The van der Waals surface area contributed by atoms with Gasteiger partial charge in [0.25, 0.3) is 0 Å². The lowest BCUT2D eigenvalue weighted by Crippen LogP contribution is -2.36. The Morgan fingerprint density at radius 1 is 1.28 bits per heavy atom. The van der Waals surface area contributed by atoms with Crippen molar-refractivity contribution >= 4 is 33.2 Å². The summed E-state index contributed by atoms with van der Waals surface area (Å²) in [5, 5.41) is 4.36. The van der Waals surface area contributed by atoms with Gasteiger partial charge in [-0.2, -0.15) is 11.8 Å². The van der Waals surface area contributed by atoms with Crippen molar-refractivity contribution < 1.29 is 0 Å². The molecule has 1 fully saturated rings. The van der Waals surface area contributed by atoms with Gasteiger partial charge in [0.1, 0.15) is 0 Å². The number of hydrogen-bond donors (Lipinski definition) is 1. The van der Waals surface area contributed by atoms with Crippen LogP contribution in [0.1, 0.15) is 24.8 Å². The van der Waals surface area contributed by atoms with Crippen molar-refractivity contribution in [2.45, 2.75) is 37.0 Å². The van der Waals surface area contributed by atoms with Gasteiger partial charge >= 0.3 is 0 Å². The SMILES string of the molecule is NC(Cc1csc2ccccc12)C1CCCCS1. The maximum Gasteiger partial charge on any atom is 0.0345 e. The molecule has 2 heterocycles. The van der Waals surface area contributed by atoms with Gasteiger partial charge in [-0.05, 0) is 47.4 Å². The highest BCUT2D eigenvalue weighted by molar-refractivity contribution is 8.00. The smallest absolute Gasteiger partial charge is 0.0345 e. The Kier molecular flexibility index (Phi) is 3.92. The van der Waals surface area contributed by atoms with Gasteiger partial charge in [-0.15, -0.1) is 11.3 Å². The number of fused-ring (bicyclic) bond motifs is 1. The molecule has 2 aromatic rings. The molecule has 1 aromatic heterocycles. The molecule has 0 radical (unpaired) electrons. The lowest BCUT2D eigenvalue weighted by molar-refractivity contribution is 0.561. The molecular formula is C15H19NS2. The lowest BCUT2D eigenvalue weighted by Gasteiger charge is -2.26. The summed E-state index contributed by atoms with van der Waals surface area (Å²) in [6.45, 7) is 0. The molecule has 3 rings (SSSR count). The molecule has 18 heavy (non-hydrogen) atoms. The molecule has 0 aliphatic carbocycles. The molecule has 0 saturated carbocycles. The Morgan fingerprint density at radius 3 is 3.00 bits per heavy atom. The third kappa shape index (κ3) is 2.58. The van der Waals surface area contributed by atoms with Crippen molar-refractivity contribution in [1.29, 1.82) is 0 Å². The number of hydrogen-bond acceptors (Lipinski definition) is 3. The van der Waals surface area contributed by atoms with E-state index < -0.39 is 0 Å². The van der Waals surface area contributed by atoms with Crippen LogP contribution in [0, 0.1) is 0 Å². The Hall–Kier alpha value is -0.510. The summed E-state index contributed by atoms with van der Waals surface area (Å²) in [4.78, 5) is 0. The first-order chi connectivity index (χ1) is 8.84. The van der Waals surface area contributed by atoms with Crippen LogP contribution in [0.25, 0.3) is 10.1 Å². The predicted molar refractivity (Wildman–Crippen MR) is 83.6 cm³/mol. The second kappa shape index (κ2) is 5.64. The normalized spacial score (nSPS) is 22.2. The van der Waals surface area contributed by atoms with Gasteiger partial charge in [0, 0.05) is 16.0 Å². The average Bonchev–Trinajstić information content (AvgIpc) is 2.83. The van der Waals surface area contributed by atoms with Crippen LogP contribution in [-0.4, -0.2) is 17.0 Å². The fraction of sp³-hybridized carbons (Fsp3) is 0.467. The zero-order chi connectivity index (χ0) is 12.4. The molecule has 1 aromatic carbocycles. The molecule has 2 atom stereocenters. The molecular weight excluding hydrogens is 258 g/mol. The Morgan fingerprint density at radius 2 is 2.17 bits per heavy atom. The summed E-state index contributed by atoms with van der Waals surface area (Å²) >= 11 is 3.92. The largest absolute Gasteiger partial charge is 0.326 e. The number of nitrogens with two attached hydrogens (primary N) is 1. The van der Waals surface area contributed by atoms with Crippen molar-refractivity contribution in [3.05, 3.63) is 35.2 Å². The molecule has 2 unspecified atom stereocenters. The predicted octanol–water partition coefficient (Wildman–Crippen LogP) is 4.06. The number of benzene rings is 1. The van der Waals surface area contributed by atoms with Crippen LogP contribution >= 0.6 is 23.1 Å². The quantitative estimate of drug-likeness (QED) is 0.915. The standard InChI is InChI=1S/C15H19NS2/c16-13(15-7-3-4-8-17-15)9-11-10-18-14-6-2-1-5-12(11)14/h1-2,5-6,10,13,15H,3-4,7-9,16H2. The van der Waals surface area contributed by atoms with Crippen molar-refractivity contribution in [2.24, 2.45) is 5.73 Å². The van der Waals surface area contributed by atoms with Crippen LogP contribution in [0.2, 0.25) is 0 Å². The van der Waals surface area contributed by atoms with E-state index in [-0.39, 0.29) is 0 Å². The van der Waals surface area contributed by atoms with Gasteiger partial charge in [0.05, 0.1) is 0 Å². The Balaban J connectivity index is 1.75. The van der Waals surface area contributed by atoms with E-state index >= 15 is 0 Å². The van der Waals surface area contributed by atoms with Crippen LogP contribution < -0.4 is 5.73 Å². The highest BCUT2D eigenvalue weighted by Crippen LogP contribution is 2.31. The fourth-order valence-electron chi connectivity index (χ4n) is 2.68. The van der Waals surface area contributed by atoms with E-state index in [2.05, 4.69) is 41.4 Å². The van der Waals surface area contributed by atoms with Crippen LogP contribution in [0.3, 0.4) is 0 Å². The highest BCUT2D eigenvalue weighted by Gasteiger charge is 2.22. The van der Waals surface area contributed by atoms with Crippen molar-refractivity contribution in [2.75, 3.05) is 5.75 Å². The molecule has 0 spiro atoms. The third-order valence-corrected chi connectivity index (χ3v) is 6.26. The maximum absolute atomic E-state index is 6.41. The van der Waals surface area contributed by atoms with Gasteiger partial charge in [-0.3, -0.25) is 0 Å². The second-order valence-electron chi connectivity index (χ2n) is 5.03. The molecule has 1 aliphatic heterocycles. The van der Waals surface area contributed by atoms with Crippen molar-refractivity contribution in [1.82, 2.24) is 0 Å². The molecule has 3 heteroatoms. The zero-order valence-corrected chi connectivity index (χ0v) is 12.1. The first kappa shape index (κ1) is 12.5. The minimum atomic E-state index is 0.313. The van der Waals surface area contributed by atoms with E-state index in [0.717, 1.165) is 6.42 Å². The Bertz CT molecular complexity index is 514. The number of thiophene rings is 1. The molecule has 2 N–H and O–H groups in total. The highest BCUT2D eigenvalue weighted by atomic mass is 32.2. The van der Waals surface area contributed by atoms with Gasteiger partial charge in [0.15, 0.2) is 0 Å². The van der Waals surface area contributed by atoms with Gasteiger partial charge in [0.2, 0.25) is 0 Å². The topological polar surface area (TPSA) is 26.0 Å². The van der Waals surface area contributed by atoms with Gasteiger partial charge in [-0.25, -0.2) is 0 Å². The molecule has 1 aliphatic rings. The van der Waals surface area contributed by atoms with Crippen LogP contribution in [-0.2, 0) is 6.42 Å². The van der Waals surface area contributed by atoms with Crippen LogP contribution in [0.5, 0.6) is 0 Å². The third-order valence-electron chi connectivity index (χ3n) is 3.71. The number of rotatable bonds is 3. The molecule has 1 saturated heterocycles. The average molecular weight is 277 g/mol. The van der Waals surface area contributed by atoms with E-state index in [1.807, 2.05) is 11.3 Å². The van der Waals surface area contributed by atoms with E-state index in [4.69, 9.17) is 5.73 Å². The second-order valence-corrected chi connectivity index (χ2v) is 7.29. The summed E-state index contributed by atoms with van der Waals surface area (Å²) < 4.78 is 1.39. The molecule has 0 bridgehead atoms. The summed E-state index contributed by atoms with van der Waals surface area (Å²) in [6.07, 6.45) is 5.06. The van der Waals surface area contributed by atoms with Crippen LogP contribution in [0.15, 0.2) is 29.6 Å². The summed E-state index contributed by atoms with van der Waals surface area (Å²) in [6, 6.07) is 8.97. The van der Waals surface area contributed by atoms with Gasteiger partial charge in [-0.1, -0.05) is 24.6 Å². The fourth-order valence-corrected chi connectivity index (χ4v) is 5.01. The monoisotopic (exact) mass is 277 g/mol. The molecule has 1 nitrogen and oxygen atoms in total. The minimum absolute atomic E-state index is 0.313. The van der Waals surface area contributed by atoms with Crippen molar-refractivity contribution in [3.63, 3.8) is 0 Å². The first-order valence-electron chi connectivity index (χ1n) is 6.67. The summed E-state index contributed by atoms with van der Waals surface area (Å²) in [7, 11) is 0.